The minimum atomic E-state index is 0.551. The number of ether oxygens (including phenoxy) is 1. The van der Waals surface area contributed by atoms with Crippen LogP contribution in [0.3, 0.4) is 0 Å². The van der Waals surface area contributed by atoms with E-state index in [2.05, 4.69) is 20.8 Å². The molecule has 1 fully saturated rings. The Morgan fingerprint density at radius 2 is 2.14 bits per heavy atom. The SMILES string of the molecule is CCCCCC(C)C1CC(C)CCO1. The quantitative estimate of drug-likeness (QED) is 0.606. The van der Waals surface area contributed by atoms with E-state index in [1.807, 2.05) is 0 Å². The third-order valence-electron chi connectivity index (χ3n) is 3.47. The molecule has 0 spiro atoms. The van der Waals surface area contributed by atoms with E-state index in [4.69, 9.17) is 4.74 Å². The highest BCUT2D eigenvalue weighted by atomic mass is 16.5. The fourth-order valence-electron chi connectivity index (χ4n) is 2.30. The molecule has 1 rings (SSSR count). The third-order valence-corrected chi connectivity index (χ3v) is 3.47. The molecule has 1 heterocycles. The first-order chi connectivity index (χ1) is 6.74. The molecule has 0 saturated carbocycles. The molecule has 0 aliphatic carbocycles. The van der Waals surface area contributed by atoms with Crippen molar-refractivity contribution in [2.24, 2.45) is 11.8 Å². The first-order valence-corrected chi connectivity index (χ1v) is 6.35. The van der Waals surface area contributed by atoms with E-state index < -0.39 is 0 Å². The number of hydrogen-bond acceptors (Lipinski definition) is 1. The van der Waals surface area contributed by atoms with Crippen molar-refractivity contribution in [3.05, 3.63) is 0 Å². The molecule has 0 aromatic rings. The van der Waals surface area contributed by atoms with Crippen molar-refractivity contribution in [1.82, 2.24) is 0 Å². The Labute approximate surface area is 89.2 Å². The van der Waals surface area contributed by atoms with Gasteiger partial charge in [-0.2, -0.15) is 0 Å². The van der Waals surface area contributed by atoms with Crippen LogP contribution in [0.15, 0.2) is 0 Å². The third kappa shape index (κ3) is 4.00. The Balaban J connectivity index is 2.18. The predicted molar refractivity (Wildman–Crippen MR) is 61.4 cm³/mol. The van der Waals surface area contributed by atoms with Crippen LogP contribution in [0.2, 0.25) is 0 Å². The van der Waals surface area contributed by atoms with Crippen molar-refractivity contribution < 1.29 is 4.74 Å². The van der Waals surface area contributed by atoms with Gasteiger partial charge in [0.15, 0.2) is 0 Å². The van der Waals surface area contributed by atoms with Crippen LogP contribution in [0, 0.1) is 11.8 Å². The molecule has 0 bridgehead atoms. The van der Waals surface area contributed by atoms with Crippen molar-refractivity contribution in [1.29, 1.82) is 0 Å². The van der Waals surface area contributed by atoms with Crippen LogP contribution in [-0.4, -0.2) is 12.7 Å². The number of hydrogen-bond donors (Lipinski definition) is 0. The minimum absolute atomic E-state index is 0.551. The highest BCUT2D eigenvalue weighted by molar-refractivity contribution is 4.73. The van der Waals surface area contributed by atoms with Crippen molar-refractivity contribution >= 4 is 0 Å². The molecule has 1 aliphatic heterocycles. The van der Waals surface area contributed by atoms with Gasteiger partial charge in [-0.15, -0.1) is 0 Å². The molecule has 3 atom stereocenters. The molecule has 0 radical (unpaired) electrons. The van der Waals surface area contributed by atoms with Gasteiger partial charge in [-0.1, -0.05) is 40.0 Å². The molecule has 1 nitrogen and oxygen atoms in total. The highest BCUT2D eigenvalue weighted by Gasteiger charge is 2.23. The van der Waals surface area contributed by atoms with E-state index in [0.717, 1.165) is 18.4 Å². The second-order valence-corrected chi connectivity index (χ2v) is 5.01. The van der Waals surface area contributed by atoms with Gasteiger partial charge in [-0.3, -0.25) is 0 Å². The summed E-state index contributed by atoms with van der Waals surface area (Å²) in [5.74, 6) is 1.65. The molecular weight excluding hydrogens is 172 g/mol. The zero-order chi connectivity index (χ0) is 10.4. The largest absolute Gasteiger partial charge is 0.378 e. The van der Waals surface area contributed by atoms with Crippen LogP contribution in [0.5, 0.6) is 0 Å². The molecule has 0 aromatic carbocycles. The summed E-state index contributed by atoms with van der Waals surface area (Å²) in [7, 11) is 0. The lowest BCUT2D eigenvalue weighted by atomic mass is 9.88. The van der Waals surface area contributed by atoms with Crippen LogP contribution in [0.4, 0.5) is 0 Å². The topological polar surface area (TPSA) is 9.23 Å². The van der Waals surface area contributed by atoms with E-state index in [0.29, 0.717) is 6.10 Å². The van der Waals surface area contributed by atoms with Crippen LogP contribution >= 0.6 is 0 Å². The standard InChI is InChI=1S/C13H26O/c1-4-5-6-7-12(3)13-10-11(2)8-9-14-13/h11-13H,4-10H2,1-3H3. The van der Waals surface area contributed by atoms with Gasteiger partial charge in [0, 0.05) is 6.61 Å². The fourth-order valence-corrected chi connectivity index (χ4v) is 2.30. The van der Waals surface area contributed by atoms with Crippen LogP contribution in [0.1, 0.15) is 59.3 Å². The summed E-state index contributed by atoms with van der Waals surface area (Å²) in [6, 6.07) is 0. The Kier molecular flexibility index (Phi) is 5.54. The summed E-state index contributed by atoms with van der Waals surface area (Å²) < 4.78 is 5.84. The predicted octanol–water partition coefficient (Wildman–Crippen LogP) is 4.02. The molecule has 0 N–H and O–H groups in total. The van der Waals surface area contributed by atoms with Gasteiger partial charge < -0.3 is 4.74 Å². The summed E-state index contributed by atoms with van der Waals surface area (Å²) in [5.41, 5.74) is 0. The average molecular weight is 198 g/mol. The van der Waals surface area contributed by atoms with Gasteiger partial charge in [0.1, 0.15) is 0 Å². The monoisotopic (exact) mass is 198 g/mol. The Hall–Kier alpha value is -0.0400. The lowest BCUT2D eigenvalue weighted by Gasteiger charge is -2.31. The van der Waals surface area contributed by atoms with Gasteiger partial charge in [-0.05, 0) is 31.1 Å². The Morgan fingerprint density at radius 3 is 2.79 bits per heavy atom. The molecule has 0 amide bonds. The maximum Gasteiger partial charge on any atom is 0.0603 e. The van der Waals surface area contributed by atoms with Gasteiger partial charge >= 0.3 is 0 Å². The van der Waals surface area contributed by atoms with Crippen LogP contribution in [-0.2, 0) is 4.74 Å². The summed E-state index contributed by atoms with van der Waals surface area (Å²) in [6.07, 6.45) is 8.54. The van der Waals surface area contributed by atoms with Crippen LogP contribution < -0.4 is 0 Å². The van der Waals surface area contributed by atoms with Crippen LogP contribution in [0.25, 0.3) is 0 Å². The normalized spacial score (nSPS) is 30.2. The summed E-state index contributed by atoms with van der Waals surface area (Å²) in [6.45, 7) is 7.97. The highest BCUT2D eigenvalue weighted by Crippen LogP contribution is 2.27. The summed E-state index contributed by atoms with van der Waals surface area (Å²) in [5, 5.41) is 0. The molecule has 3 unspecified atom stereocenters. The lowest BCUT2D eigenvalue weighted by Crippen LogP contribution is -2.29. The fraction of sp³-hybridized carbons (Fsp3) is 1.00. The number of rotatable bonds is 5. The maximum absolute atomic E-state index is 5.84. The second kappa shape index (κ2) is 6.44. The first-order valence-electron chi connectivity index (χ1n) is 6.35. The first kappa shape index (κ1) is 12.0. The van der Waals surface area contributed by atoms with Crippen molar-refractivity contribution in [3.63, 3.8) is 0 Å². The molecule has 14 heavy (non-hydrogen) atoms. The maximum atomic E-state index is 5.84. The van der Waals surface area contributed by atoms with E-state index >= 15 is 0 Å². The smallest absolute Gasteiger partial charge is 0.0603 e. The van der Waals surface area contributed by atoms with Gasteiger partial charge in [0.05, 0.1) is 6.10 Å². The van der Waals surface area contributed by atoms with E-state index in [1.54, 1.807) is 0 Å². The minimum Gasteiger partial charge on any atom is -0.378 e. The van der Waals surface area contributed by atoms with Crippen molar-refractivity contribution in [3.8, 4) is 0 Å². The second-order valence-electron chi connectivity index (χ2n) is 5.01. The Bertz CT molecular complexity index is 144. The Morgan fingerprint density at radius 1 is 1.36 bits per heavy atom. The number of unbranched alkanes of at least 4 members (excludes halogenated alkanes) is 2. The molecule has 1 saturated heterocycles. The summed E-state index contributed by atoms with van der Waals surface area (Å²) >= 11 is 0. The van der Waals surface area contributed by atoms with Gasteiger partial charge in [-0.25, -0.2) is 0 Å². The van der Waals surface area contributed by atoms with E-state index in [9.17, 15) is 0 Å². The zero-order valence-electron chi connectivity index (χ0n) is 10.1. The van der Waals surface area contributed by atoms with E-state index in [-0.39, 0.29) is 0 Å². The van der Waals surface area contributed by atoms with Crippen molar-refractivity contribution in [2.75, 3.05) is 6.61 Å². The van der Waals surface area contributed by atoms with E-state index in [1.165, 1.54) is 38.5 Å². The lowest BCUT2D eigenvalue weighted by molar-refractivity contribution is -0.0369. The zero-order valence-corrected chi connectivity index (χ0v) is 10.1. The average Bonchev–Trinajstić information content (AvgIpc) is 2.18. The molecule has 1 heteroatoms. The molecule has 1 aliphatic rings. The van der Waals surface area contributed by atoms with Crippen molar-refractivity contribution in [2.45, 2.75) is 65.4 Å². The molecular formula is C13H26O. The summed E-state index contributed by atoms with van der Waals surface area (Å²) in [4.78, 5) is 0. The molecule has 0 aromatic heterocycles. The molecule has 84 valence electrons. The van der Waals surface area contributed by atoms with Gasteiger partial charge in [0.25, 0.3) is 0 Å². The van der Waals surface area contributed by atoms with Gasteiger partial charge in [0.2, 0.25) is 0 Å².